The molecule has 0 bridgehead atoms. The molecule has 1 atom stereocenters. The molecule has 1 aromatic carbocycles. The molecule has 0 fully saturated rings. The van der Waals surface area contributed by atoms with Crippen molar-refractivity contribution < 1.29 is 18.6 Å². The summed E-state index contributed by atoms with van der Waals surface area (Å²) in [7, 11) is 4.67. The molecule has 7 heteroatoms. The predicted molar refractivity (Wildman–Crippen MR) is 99.6 cm³/mol. The van der Waals surface area contributed by atoms with E-state index in [0.717, 1.165) is 12.0 Å². The third kappa shape index (κ3) is 4.28. The molecule has 26 heavy (non-hydrogen) atoms. The minimum absolute atomic E-state index is 0.182. The maximum absolute atomic E-state index is 9.21. The van der Waals surface area contributed by atoms with E-state index in [1.165, 1.54) is 0 Å². The Balaban J connectivity index is 2.31. The zero-order valence-electron chi connectivity index (χ0n) is 15.6. The number of ether oxygens (including phenoxy) is 3. The highest BCUT2D eigenvalue weighted by Crippen LogP contribution is 2.38. The fourth-order valence-electron chi connectivity index (χ4n) is 2.27. The Morgan fingerprint density at radius 3 is 2.35 bits per heavy atom. The molecule has 0 unspecified atom stereocenters. The van der Waals surface area contributed by atoms with Crippen LogP contribution in [0.25, 0.3) is 12.2 Å². The molecule has 0 spiro atoms. The van der Waals surface area contributed by atoms with Gasteiger partial charge < -0.3 is 23.9 Å². The highest BCUT2D eigenvalue weighted by Gasteiger charge is 2.14. The number of benzene rings is 1. The van der Waals surface area contributed by atoms with E-state index in [2.05, 4.69) is 10.3 Å². The standard InChI is InChI=1S/C19H23N3O4/c1-6-12(2)21-19-14(11-20)22-17(26-19)8-7-13-9-15(23-3)18(25-5)16(10-13)24-4/h7-10,12,21H,6H2,1-5H3/b8-7+/t12-/m1/s1. The van der Waals surface area contributed by atoms with Crippen molar-refractivity contribution in [1.82, 2.24) is 4.98 Å². The summed E-state index contributed by atoms with van der Waals surface area (Å²) < 4.78 is 21.6. The highest BCUT2D eigenvalue weighted by molar-refractivity contribution is 5.71. The van der Waals surface area contributed by atoms with E-state index >= 15 is 0 Å². The van der Waals surface area contributed by atoms with E-state index in [-0.39, 0.29) is 11.7 Å². The first-order chi connectivity index (χ1) is 12.6. The molecule has 2 aromatic rings. The van der Waals surface area contributed by atoms with Gasteiger partial charge in [0.25, 0.3) is 0 Å². The maximum Gasteiger partial charge on any atom is 0.232 e. The van der Waals surface area contributed by atoms with Gasteiger partial charge in [-0.1, -0.05) is 6.92 Å². The van der Waals surface area contributed by atoms with E-state index in [4.69, 9.17) is 18.6 Å². The van der Waals surface area contributed by atoms with E-state index < -0.39 is 0 Å². The monoisotopic (exact) mass is 357 g/mol. The first-order valence-corrected chi connectivity index (χ1v) is 8.21. The zero-order chi connectivity index (χ0) is 19.1. The van der Waals surface area contributed by atoms with Gasteiger partial charge in [0.15, 0.2) is 11.5 Å². The van der Waals surface area contributed by atoms with Gasteiger partial charge in [0, 0.05) is 12.1 Å². The molecule has 0 amide bonds. The third-order valence-corrected chi connectivity index (χ3v) is 3.84. The Hall–Kier alpha value is -3.14. The lowest BCUT2D eigenvalue weighted by atomic mass is 10.1. The summed E-state index contributed by atoms with van der Waals surface area (Å²) >= 11 is 0. The Labute approximate surface area is 153 Å². The van der Waals surface area contributed by atoms with Crippen LogP contribution in [-0.4, -0.2) is 32.4 Å². The molecule has 1 N–H and O–H groups in total. The molecule has 0 aliphatic heterocycles. The largest absolute Gasteiger partial charge is 0.493 e. The number of hydrogen-bond acceptors (Lipinski definition) is 7. The Bertz CT molecular complexity index is 796. The smallest absolute Gasteiger partial charge is 0.232 e. The van der Waals surface area contributed by atoms with E-state index in [9.17, 15) is 5.26 Å². The number of nitrogens with zero attached hydrogens (tertiary/aromatic N) is 2. The third-order valence-electron chi connectivity index (χ3n) is 3.84. The molecular formula is C19H23N3O4. The first-order valence-electron chi connectivity index (χ1n) is 8.21. The van der Waals surface area contributed by atoms with Gasteiger partial charge in [0.2, 0.25) is 23.2 Å². The number of nitriles is 1. The molecule has 138 valence electrons. The average Bonchev–Trinajstić information content (AvgIpc) is 3.06. The normalized spacial score (nSPS) is 11.8. The topological polar surface area (TPSA) is 89.5 Å². The number of methoxy groups -OCH3 is 3. The van der Waals surface area contributed by atoms with Crippen LogP contribution in [0.4, 0.5) is 5.88 Å². The number of aromatic nitrogens is 1. The molecule has 1 heterocycles. The van der Waals surface area contributed by atoms with Gasteiger partial charge >= 0.3 is 0 Å². The predicted octanol–water partition coefficient (Wildman–Crippen LogP) is 3.95. The molecule has 0 radical (unpaired) electrons. The molecule has 2 rings (SSSR count). The van der Waals surface area contributed by atoms with E-state index in [1.54, 1.807) is 33.5 Å². The van der Waals surface area contributed by atoms with Crippen LogP contribution in [-0.2, 0) is 0 Å². The molecule has 7 nitrogen and oxygen atoms in total. The van der Waals surface area contributed by atoms with Crippen LogP contribution in [0.3, 0.4) is 0 Å². The fraction of sp³-hybridized carbons (Fsp3) is 0.368. The summed E-state index contributed by atoms with van der Waals surface area (Å²) in [5.74, 6) is 2.34. The summed E-state index contributed by atoms with van der Waals surface area (Å²) in [4.78, 5) is 4.19. The zero-order valence-corrected chi connectivity index (χ0v) is 15.6. The minimum Gasteiger partial charge on any atom is -0.493 e. The summed E-state index contributed by atoms with van der Waals surface area (Å²) in [6.07, 6.45) is 4.38. The fourth-order valence-corrected chi connectivity index (χ4v) is 2.27. The van der Waals surface area contributed by atoms with Crippen molar-refractivity contribution in [1.29, 1.82) is 5.26 Å². The van der Waals surface area contributed by atoms with Crippen LogP contribution in [0.15, 0.2) is 16.5 Å². The van der Waals surface area contributed by atoms with Gasteiger partial charge in [0.05, 0.1) is 21.3 Å². The number of rotatable bonds is 8. The quantitative estimate of drug-likeness (QED) is 0.765. The summed E-state index contributed by atoms with van der Waals surface area (Å²) in [6, 6.07) is 5.84. The van der Waals surface area contributed by atoms with Crippen molar-refractivity contribution in [3.63, 3.8) is 0 Å². The van der Waals surface area contributed by atoms with Crippen molar-refractivity contribution in [2.75, 3.05) is 26.6 Å². The van der Waals surface area contributed by atoms with Gasteiger partial charge in [-0.15, -0.1) is 0 Å². The van der Waals surface area contributed by atoms with Crippen LogP contribution in [0.5, 0.6) is 17.2 Å². The van der Waals surface area contributed by atoms with Crippen molar-refractivity contribution in [2.24, 2.45) is 0 Å². The van der Waals surface area contributed by atoms with Gasteiger partial charge in [-0.05, 0) is 37.1 Å². The lowest BCUT2D eigenvalue weighted by Gasteiger charge is -2.12. The Kier molecular flexibility index (Phi) is 6.50. The van der Waals surface area contributed by atoms with Crippen LogP contribution in [0.1, 0.15) is 37.4 Å². The van der Waals surface area contributed by atoms with Crippen LogP contribution in [0, 0.1) is 11.3 Å². The minimum atomic E-state index is 0.182. The molecule has 0 saturated heterocycles. The van der Waals surface area contributed by atoms with Crippen molar-refractivity contribution in [3.05, 3.63) is 29.3 Å². The first kappa shape index (κ1) is 19.2. The van der Waals surface area contributed by atoms with Gasteiger partial charge in [0.1, 0.15) is 6.07 Å². The van der Waals surface area contributed by atoms with Crippen LogP contribution >= 0.6 is 0 Å². The molecule has 0 aliphatic carbocycles. The summed E-state index contributed by atoms with van der Waals surface area (Å²) in [5, 5.41) is 12.4. The SMILES string of the molecule is CC[C@@H](C)Nc1oc(/C=C/c2cc(OC)c(OC)c(OC)c2)nc1C#N. The Morgan fingerprint density at radius 1 is 1.19 bits per heavy atom. The average molecular weight is 357 g/mol. The highest BCUT2D eigenvalue weighted by atomic mass is 16.5. The lowest BCUT2D eigenvalue weighted by molar-refractivity contribution is 0.324. The number of hydrogen-bond donors (Lipinski definition) is 1. The van der Waals surface area contributed by atoms with Crippen molar-refractivity contribution in [3.8, 4) is 23.3 Å². The van der Waals surface area contributed by atoms with Crippen LogP contribution in [0.2, 0.25) is 0 Å². The molecular weight excluding hydrogens is 334 g/mol. The van der Waals surface area contributed by atoms with Gasteiger partial charge in [-0.25, -0.2) is 0 Å². The van der Waals surface area contributed by atoms with Gasteiger partial charge in [-0.2, -0.15) is 10.2 Å². The second-order valence-electron chi connectivity index (χ2n) is 5.59. The van der Waals surface area contributed by atoms with E-state index in [0.29, 0.717) is 29.0 Å². The van der Waals surface area contributed by atoms with Crippen LogP contribution < -0.4 is 19.5 Å². The van der Waals surface area contributed by atoms with Crippen molar-refractivity contribution in [2.45, 2.75) is 26.3 Å². The number of oxazole rings is 1. The second kappa shape index (κ2) is 8.81. The van der Waals surface area contributed by atoms with Gasteiger partial charge in [-0.3, -0.25) is 0 Å². The molecule has 1 aromatic heterocycles. The van der Waals surface area contributed by atoms with E-state index in [1.807, 2.05) is 32.0 Å². The second-order valence-corrected chi connectivity index (χ2v) is 5.59. The molecule has 0 aliphatic rings. The lowest BCUT2D eigenvalue weighted by Crippen LogP contribution is -2.13. The molecule has 0 saturated carbocycles. The van der Waals surface area contributed by atoms with Crippen molar-refractivity contribution >= 4 is 18.0 Å². The number of anilines is 1. The maximum atomic E-state index is 9.21. The number of nitrogens with one attached hydrogen (secondary N) is 1. The summed E-state index contributed by atoms with van der Waals surface area (Å²) in [5.41, 5.74) is 1.04. The summed E-state index contributed by atoms with van der Waals surface area (Å²) in [6.45, 7) is 4.06. The Morgan fingerprint density at radius 2 is 1.85 bits per heavy atom.